The van der Waals surface area contributed by atoms with E-state index >= 15 is 0 Å². The van der Waals surface area contributed by atoms with Crippen LogP contribution >= 0.6 is 0 Å². The Labute approximate surface area is 86.3 Å². The van der Waals surface area contributed by atoms with Crippen molar-refractivity contribution in [1.29, 1.82) is 0 Å². The maximum absolute atomic E-state index is 4.24. The highest BCUT2D eigenvalue weighted by molar-refractivity contribution is 4.90. The molecule has 0 aromatic carbocycles. The zero-order valence-electron chi connectivity index (χ0n) is 9.21. The average Bonchev–Trinajstić information content (AvgIpc) is 2.69. The van der Waals surface area contributed by atoms with E-state index in [4.69, 9.17) is 0 Å². The maximum Gasteiger partial charge on any atom is 0.107 e. The van der Waals surface area contributed by atoms with Crippen molar-refractivity contribution in [1.82, 2.24) is 15.3 Å². The summed E-state index contributed by atoms with van der Waals surface area (Å²) in [6, 6.07) is 0.563. The van der Waals surface area contributed by atoms with E-state index in [1.165, 1.54) is 25.7 Å². The quantitative estimate of drug-likeness (QED) is 0.654. The topological polar surface area (TPSA) is 40.7 Å². The number of likely N-dealkylation sites (N-methyl/N-ethyl adjacent to an activating group) is 1. The number of unbranched alkanes of at least 4 members (excludes halogenated alkanes) is 2. The summed E-state index contributed by atoms with van der Waals surface area (Å²) in [5.41, 5.74) is 0. The first-order valence-electron chi connectivity index (χ1n) is 5.52. The summed E-state index contributed by atoms with van der Waals surface area (Å²) in [4.78, 5) is 7.38. The number of imidazole rings is 1. The molecule has 0 aliphatic heterocycles. The highest BCUT2D eigenvalue weighted by Gasteiger charge is 2.07. The zero-order chi connectivity index (χ0) is 10.2. The van der Waals surface area contributed by atoms with E-state index in [-0.39, 0.29) is 0 Å². The summed E-state index contributed by atoms with van der Waals surface area (Å²) in [5, 5.41) is 3.34. The second-order valence-corrected chi connectivity index (χ2v) is 3.72. The van der Waals surface area contributed by atoms with Crippen molar-refractivity contribution in [3.8, 4) is 0 Å². The summed E-state index contributed by atoms with van der Waals surface area (Å²) in [6.45, 7) is 2.24. The van der Waals surface area contributed by atoms with Gasteiger partial charge in [-0.2, -0.15) is 0 Å². The molecule has 0 saturated heterocycles. The van der Waals surface area contributed by atoms with Crippen LogP contribution in [0.1, 0.15) is 38.4 Å². The number of nitrogens with one attached hydrogen (secondary N) is 2. The summed E-state index contributed by atoms with van der Waals surface area (Å²) in [7, 11) is 2.03. The fraction of sp³-hybridized carbons (Fsp3) is 0.727. The van der Waals surface area contributed by atoms with Gasteiger partial charge in [-0.3, -0.25) is 0 Å². The fourth-order valence-electron chi connectivity index (χ4n) is 1.63. The molecular formula is C11H21N3. The van der Waals surface area contributed by atoms with Gasteiger partial charge in [0.25, 0.3) is 0 Å². The lowest BCUT2D eigenvalue weighted by Crippen LogP contribution is -2.27. The minimum atomic E-state index is 0.563. The summed E-state index contributed by atoms with van der Waals surface area (Å²) >= 11 is 0. The number of nitrogens with zero attached hydrogens (tertiary/aromatic N) is 1. The molecule has 1 unspecified atom stereocenters. The lowest BCUT2D eigenvalue weighted by molar-refractivity contribution is 0.483. The molecule has 1 aromatic rings. The van der Waals surface area contributed by atoms with Crippen molar-refractivity contribution in [2.24, 2.45) is 0 Å². The molecule has 0 saturated carbocycles. The smallest absolute Gasteiger partial charge is 0.107 e. The van der Waals surface area contributed by atoms with Crippen molar-refractivity contribution < 1.29 is 0 Å². The van der Waals surface area contributed by atoms with E-state index in [1.54, 1.807) is 0 Å². The Balaban J connectivity index is 2.24. The summed E-state index contributed by atoms with van der Waals surface area (Å²) in [5.74, 6) is 1.08. The molecule has 3 nitrogen and oxygen atoms in total. The molecular weight excluding hydrogens is 174 g/mol. The third-order valence-corrected chi connectivity index (χ3v) is 2.56. The third-order valence-electron chi connectivity index (χ3n) is 2.56. The lowest BCUT2D eigenvalue weighted by atomic mass is 10.1. The number of aromatic nitrogens is 2. The van der Waals surface area contributed by atoms with E-state index in [9.17, 15) is 0 Å². The van der Waals surface area contributed by atoms with Crippen LogP contribution in [0.3, 0.4) is 0 Å². The Kier molecular flexibility index (Phi) is 5.30. The molecule has 3 heteroatoms. The first-order valence-corrected chi connectivity index (χ1v) is 5.52. The molecule has 0 amide bonds. The van der Waals surface area contributed by atoms with Gasteiger partial charge in [0.1, 0.15) is 5.82 Å². The standard InChI is InChI=1S/C11H21N3/c1-3-4-5-6-10(12-2)9-11-13-7-8-14-11/h7-8,10,12H,3-6,9H2,1-2H3,(H,13,14). The van der Waals surface area contributed by atoms with E-state index in [1.807, 2.05) is 19.4 Å². The molecule has 0 radical (unpaired) electrons. The number of hydrogen-bond donors (Lipinski definition) is 2. The summed E-state index contributed by atoms with van der Waals surface area (Å²) in [6.07, 6.45) is 9.87. The van der Waals surface area contributed by atoms with Gasteiger partial charge < -0.3 is 10.3 Å². The zero-order valence-corrected chi connectivity index (χ0v) is 9.21. The third kappa shape index (κ3) is 3.92. The largest absolute Gasteiger partial charge is 0.349 e. The van der Waals surface area contributed by atoms with Gasteiger partial charge in [0.2, 0.25) is 0 Å². The van der Waals surface area contributed by atoms with Crippen molar-refractivity contribution in [3.05, 3.63) is 18.2 Å². The number of H-pyrrole nitrogens is 1. The van der Waals surface area contributed by atoms with E-state index in [2.05, 4.69) is 22.2 Å². The molecule has 14 heavy (non-hydrogen) atoms. The molecule has 0 fully saturated rings. The summed E-state index contributed by atoms with van der Waals surface area (Å²) < 4.78 is 0. The van der Waals surface area contributed by atoms with E-state index in [0.29, 0.717) is 6.04 Å². The molecule has 80 valence electrons. The Bertz CT molecular complexity index is 218. The van der Waals surface area contributed by atoms with Gasteiger partial charge in [-0.05, 0) is 13.5 Å². The van der Waals surface area contributed by atoms with E-state index in [0.717, 1.165) is 12.2 Å². The molecule has 1 rings (SSSR count). The van der Waals surface area contributed by atoms with Crippen LogP contribution in [0.15, 0.2) is 12.4 Å². The number of hydrogen-bond acceptors (Lipinski definition) is 2. The lowest BCUT2D eigenvalue weighted by Gasteiger charge is -2.14. The van der Waals surface area contributed by atoms with Crippen LogP contribution in [0.25, 0.3) is 0 Å². The van der Waals surface area contributed by atoms with Crippen LogP contribution in [0.4, 0.5) is 0 Å². The first-order chi connectivity index (χ1) is 6.86. The number of rotatable bonds is 7. The molecule has 0 bridgehead atoms. The number of aromatic amines is 1. The van der Waals surface area contributed by atoms with Crippen molar-refractivity contribution in [3.63, 3.8) is 0 Å². The van der Waals surface area contributed by atoms with Gasteiger partial charge in [-0.1, -0.05) is 26.2 Å². The normalized spacial score (nSPS) is 13.0. The van der Waals surface area contributed by atoms with Gasteiger partial charge in [0.15, 0.2) is 0 Å². The minimum absolute atomic E-state index is 0.563. The van der Waals surface area contributed by atoms with Crippen LogP contribution in [0.2, 0.25) is 0 Å². The molecule has 1 aromatic heterocycles. The Morgan fingerprint density at radius 3 is 2.93 bits per heavy atom. The predicted octanol–water partition coefficient (Wildman–Crippen LogP) is 2.12. The van der Waals surface area contributed by atoms with Crippen LogP contribution < -0.4 is 5.32 Å². The fourth-order valence-corrected chi connectivity index (χ4v) is 1.63. The van der Waals surface area contributed by atoms with Crippen molar-refractivity contribution >= 4 is 0 Å². The Morgan fingerprint density at radius 1 is 1.50 bits per heavy atom. The van der Waals surface area contributed by atoms with Gasteiger partial charge in [-0.25, -0.2) is 4.98 Å². The average molecular weight is 195 g/mol. The Hall–Kier alpha value is -0.830. The second kappa shape index (κ2) is 6.60. The van der Waals surface area contributed by atoms with Gasteiger partial charge in [0, 0.05) is 24.9 Å². The second-order valence-electron chi connectivity index (χ2n) is 3.72. The molecule has 0 aliphatic rings. The van der Waals surface area contributed by atoms with Crippen LogP contribution in [0.5, 0.6) is 0 Å². The van der Waals surface area contributed by atoms with Gasteiger partial charge in [0.05, 0.1) is 0 Å². The SMILES string of the molecule is CCCCCC(Cc1ncc[nH]1)NC. The first kappa shape index (κ1) is 11.2. The molecule has 1 heterocycles. The van der Waals surface area contributed by atoms with Gasteiger partial charge in [-0.15, -0.1) is 0 Å². The highest BCUT2D eigenvalue weighted by atomic mass is 14.9. The van der Waals surface area contributed by atoms with E-state index < -0.39 is 0 Å². The maximum atomic E-state index is 4.24. The minimum Gasteiger partial charge on any atom is -0.349 e. The highest BCUT2D eigenvalue weighted by Crippen LogP contribution is 2.06. The van der Waals surface area contributed by atoms with Crippen LogP contribution in [0, 0.1) is 0 Å². The van der Waals surface area contributed by atoms with Crippen LogP contribution in [-0.4, -0.2) is 23.1 Å². The molecule has 2 N–H and O–H groups in total. The molecule has 0 aliphatic carbocycles. The van der Waals surface area contributed by atoms with Gasteiger partial charge >= 0.3 is 0 Å². The predicted molar refractivity (Wildman–Crippen MR) is 59.3 cm³/mol. The molecule has 0 spiro atoms. The van der Waals surface area contributed by atoms with Crippen molar-refractivity contribution in [2.75, 3.05) is 7.05 Å². The van der Waals surface area contributed by atoms with Crippen molar-refractivity contribution in [2.45, 2.75) is 45.1 Å². The Morgan fingerprint density at radius 2 is 2.36 bits per heavy atom. The monoisotopic (exact) mass is 195 g/mol. The van der Waals surface area contributed by atoms with Crippen LogP contribution in [-0.2, 0) is 6.42 Å². The molecule has 1 atom stereocenters.